The first-order valence-corrected chi connectivity index (χ1v) is 18.3. The van der Waals surface area contributed by atoms with Gasteiger partial charge in [-0.3, -0.25) is 14.9 Å². The van der Waals surface area contributed by atoms with Crippen molar-refractivity contribution in [3.8, 4) is 5.75 Å². The molecule has 0 bridgehead atoms. The van der Waals surface area contributed by atoms with E-state index in [0.29, 0.717) is 12.1 Å². The van der Waals surface area contributed by atoms with Crippen molar-refractivity contribution in [1.29, 1.82) is 0 Å². The van der Waals surface area contributed by atoms with E-state index < -0.39 is 8.32 Å². The number of hydrogen-bond donors (Lipinski definition) is 3. The van der Waals surface area contributed by atoms with Gasteiger partial charge in [0.1, 0.15) is 5.75 Å². The number of aromatic amines is 1. The number of ether oxygens (including phenoxy) is 1. The topological polar surface area (TPSA) is 127 Å². The number of aromatic hydroxyl groups is 1. The molecule has 2 aromatic carbocycles. The van der Waals surface area contributed by atoms with E-state index in [9.17, 15) is 20.0 Å². The van der Waals surface area contributed by atoms with E-state index in [1.807, 2.05) is 18.2 Å². The van der Waals surface area contributed by atoms with E-state index in [1.165, 1.54) is 6.07 Å². The van der Waals surface area contributed by atoms with Gasteiger partial charge in [0.2, 0.25) is 5.56 Å². The molecule has 0 amide bonds. The minimum Gasteiger partial charge on any atom is -0.506 e. The highest BCUT2D eigenvalue weighted by molar-refractivity contribution is 6.74. The van der Waals surface area contributed by atoms with E-state index in [-0.39, 0.29) is 33.1 Å². The Morgan fingerprint density at radius 1 is 0.953 bits per heavy atom. The molecule has 1 heterocycles. The summed E-state index contributed by atoms with van der Waals surface area (Å²) < 4.78 is 12.7. The number of benzene rings is 2. The number of pyridine rings is 1. The minimum absolute atomic E-state index is 0.0432. The monoisotopic (exact) mass is 611 g/mol. The predicted octanol–water partition coefficient (Wildman–Crippen LogP) is 7.39. The van der Waals surface area contributed by atoms with Gasteiger partial charge in [-0.1, -0.05) is 51.8 Å². The first-order chi connectivity index (χ1) is 20.4. The maximum Gasteiger partial charge on any atom is 0.269 e. The van der Waals surface area contributed by atoms with Crippen LogP contribution in [0.2, 0.25) is 18.1 Å². The number of fused-ring (bicyclic) bond motifs is 1. The van der Waals surface area contributed by atoms with Gasteiger partial charge in [0.05, 0.1) is 16.5 Å². The second kappa shape index (κ2) is 16.1. The summed E-state index contributed by atoms with van der Waals surface area (Å²) in [6.45, 7) is 14.2. The van der Waals surface area contributed by atoms with Crippen molar-refractivity contribution in [3.63, 3.8) is 0 Å². The normalized spacial score (nSPS) is 13.0. The smallest absolute Gasteiger partial charge is 0.269 e. The number of phenols is 1. The van der Waals surface area contributed by atoms with Crippen molar-refractivity contribution in [2.24, 2.45) is 0 Å². The summed E-state index contributed by atoms with van der Waals surface area (Å²) in [7, 11) is -2.10. The zero-order valence-corrected chi connectivity index (χ0v) is 27.4. The molecule has 0 aliphatic rings. The SMILES string of the molecule is CC(C)(C)[Si](C)(C)O[C@@H](CNCCCCCCOCCCCc1ccc([N+](=O)[O-])cc1)c1ccc(O)c2[nH]c(=O)ccc12. The van der Waals surface area contributed by atoms with Crippen molar-refractivity contribution in [3.05, 3.63) is 80.1 Å². The standard InChI is InChI=1S/C33H49N3O6Si/c1-33(2,3)43(4,5)42-30(27-17-19-29(37)32-28(27)18-20-31(38)35-32)24-34-21-9-6-7-10-22-41-23-11-8-12-25-13-15-26(16-14-25)36(39)40/h13-20,30,34,37H,6-12,21-24H2,1-5H3,(H,35,38)/t30-/m0/s1. The fourth-order valence-corrected chi connectivity index (χ4v) is 6.02. The number of non-ortho nitro benzene ring substituents is 1. The van der Waals surface area contributed by atoms with Crippen molar-refractivity contribution in [2.75, 3.05) is 26.3 Å². The van der Waals surface area contributed by atoms with Gasteiger partial charge in [0, 0.05) is 43.3 Å². The minimum atomic E-state index is -2.10. The molecule has 9 nitrogen and oxygen atoms in total. The third-order valence-corrected chi connectivity index (χ3v) is 12.9. The third-order valence-electron chi connectivity index (χ3n) is 8.37. The van der Waals surface area contributed by atoms with E-state index in [2.05, 4.69) is 44.2 Å². The molecule has 10 heteroatoms. The Labute approximate surface area is 256 Å². The highest BCUT2D eigenvalue weighted by atomic mass is 28.4. The number of nitrogens with zero attached hydrogens (tertiary/aromatic N) is 1. The van der Waals surface area contributed by atoms with Crippen LogP contribution in [0.25, 0.3) is 10.9 Å². The average Bonchev–Trinajstić information content (AvgIpc) is 2.95. The van der Waals surface area contributed by atoms with Gasteiger partial charge in [0.25, 0.3) is 5.69 Å². The number of aryl methyl sites for hydroxylation is 1. The van der Waals surface area contributed by atoms with Crippen LogP contribution in [0.5, 0.6) is 5.75 Å². The van der Waals surface area contributed by atoms with Gasteiger partial charge in [-0.25, -0.2) is 0 Å². The van der Waals surface area contributed by atoms with Crippen LogP contribution < -0.4 is 10.9 Å². The van der Waals surface area contributed by atoms with Crippen molar-refractivity contribution in [2.45, 2.75) is 90.0 Å². The van der Waals surface area contributed by atoms with Gasteiger partial charge in [-0.05, 0) is 80.0 Å². The Morgan fingerprint density at radius 2 is 1.63 bits per heavy atom. The molecule has 0 radical (unpaired) electrons. The zero-order chi connectivity index (χ0) is 31.5. The summed E-state index contributed by atoms with van der Waals surface area (Å²) in [6, 6.07) is 13.6. The molecule has 43 heavy (non-hydrogen) atoms. The van der Waals surface area contributed by atoms with Gasteiger partial charge in [-0.15, -0.1) is 0 Å². The number of nitro benzene ring substituents is 1. The van der Waals surface area contributed by atoms with Crippen LogP contribution in [0, 0.1) is 10.1 Å². The largest absolute Gasteiger partial charge is 0.506 e. The molecule has 1 aromatic heterocycles. The summed E-state index contributed by atoms with van der Waals surface area (Å²) in [6.07, 6.45) is 7.01. The molecule has 1 atom stereocenters. The van der Waals surface area contributed by atoms with Gasteiger partial charge in [-0.2, -0.15) is 0 Å². The maximum absolute atomic E-state index is 11.9. The highest BCUT2D eigenvalue weighted by Gasteiger charge is 2.39. The molecule has 0 saturated heterocycles. The Morgan fingerprint density at radius 3 is 2.30 bits per heavy atom. The summed E-state index contributed by atoms with van der Waals surface area (Å²) >= 11 is 0. The number of nitrogens with one attached hydrogen (secondary N) is 2. The Bertz CT molecular complexity index is 1370. The van der Waals surface area contributed by atoms with E-state index >= 15 is 0 Å². The van der Waals surface area contributed by atoms with Crippen LogP contribution in [0.3, 0.4) is 0 Å². The predicted molar refractivity (Wildman–Crippen MR) is 175 cm³/mol. The summed E-state index contributed by atoms with van der Waals surface area (Å²) in [5.41, 5.74) is 2.41. The van der Waals surface area contributed by atoms with Crippen LogP contribution in [0.15, 0.2) is 53.3 Å². The molecule has 0 saturated carbocycles. The molecular weight excluding hydrogens is 562 g/mol. The zero-order valence-electron chi connectivity index (χ0n) is 26.4. The number of hydrogen-bond acceptors (Lipinski definition) is 7. The molecule has 0 fully saturated rings. The molecule has 3 aromatic rings. The first kappa shape index (κ1) is 34.4. The fourth-order valence-electron chi connectivity index (χ4n) is 4.75. The average molecular weight is 612 g/mol. The van der Waals surface area contributed by atoms with Crippen LogP contribution in [0.1, 0.15) is 76.5 Å². The van der Waals surface area contributed by atoms with Crippen LogP contribution in [-0.2, 0) is 15.6 Å². The lowest BCUT2D eigenvalue weighted by Gasteiger charge is -2.39. The van der Waals surface area contributed by atoms with Crippen LogP contribution >= 0.6 is 0 Å². The van der Waals surface area contributed by atoms with Crippen molar-refractivity contribution in [1.82, 2.24) is 10.3 Å². The van der Waals surface area contributed by atoms with E-state index in [4.69, 9.17) is 9.16 Å². The van der Waals surface area contributed by atoms with Crippen LogP contribution in [-0.4, -0.2) is 49.6 Å². The molecule has 0 aliphatic heterocycles. The number of unbranched alkanes of at least 4 members (excludes halogenated alkanes) is 4. The second-order valence-electron chi connectivity index (χ2n) is 12.8. The van der Waals surface area contributed by atoms with Crippen LogP contribution in [0.4, 0.5) is 5.69 Å². The molecular formula is C33H49N3O6Si. The van der Waals surface area contributed by atoms with Crippen molar-refractivity contribution < 1.29 is 19.2 Å². The number of aromatic nitrogens is 1. The quantitative estimate of drug-likeness (QED) is 0.0592. The molecule has 0 aliphatic carbocycles. The summed E-state index contributed by atoms with van der Waals surface area (Å²) in [5, 5.41) is 25.6. The summed E-state index contributed by atoms with van der Waals surface area (Å²) in [5.74, 6) is 0.0571. The maximum atomic E-state index is 11.9. The van der Waals surface area contributed by atoms with Gasteiger partial charge < -0.3 is 24.6 Å². The molecule has 3 rings (SSSR count). The molecule has 236 valence electrons. The van der Waals surface area contributed by atoms with E-state index in [1.54, 1.807) is 24.3 Å². The van der Waals surface area contributed by atoms with E-state index in [0.717, 1.165) is 81.2 Å². The number of nitro groups is 1. The number of H-pyrrole nitrogens is 1. The Balaban J connectivity index is 1.37. The molecule has 0 spiro atoms. The third kappa shape index (κ3) is 10.6. The lowest BCUT2D eigenvalue weighted by molar-refractivity contribution is -0.384. The number of phenolic OH excluding ortho intramolecular Hbond substituents is 1. The van der Waals surface area contributed by atoms with Gasteiger partial charge in [0.15, 0.2) is 8.32 Å². The molecule has 0 unspecified atom stereocenters. The fraction of sp³-hybridized carbons (Fsp3) is 0.545. The lowest BCUT2D eigenvalue weighted by Crippen LogP contribution is -2.43. The summed E-state index contributed by atoms with van der Waals surface area (Å²) in [4.78, 5) is 25.1. The van der Waals surface area contributed by atoms with Crippen molar-refractivity contribution >= 4 is 24.9 Å². The molecule has 3 N–H and O–H groups in total. The Kier molecular flexibility index (Phi) is 12.9. The van der Waals surface area contributed by atoms with Gasteiger partial charge >= 0.3 is 0 Å². The highest BCUT2D eigenvalue weighted by Crippen LogP contribution is 2.41. The number of rotatable bonds is 18. The second-order valence-corrected chi connectivity index (χ2v) is 17.5. The lowest BCUT2D eigenvalue weighted by atomic mass is 10.0. The Hall–Kier alpha value is -3.05. The first-order valence-electron chi connectivity index (χ1n) is 15.4.